The summed E-state index contributed by atoms with van der Waals surface area (Å²) in [5.41, 5.74) is 4.14. The molecule has 0 spiro atoms. The number of hydrogen-bond acceptors (Lipinski definition) is 5. The smallest absolute Gasteiger partial charge is 0.271 e. The average Bonchev–Trinajstić information content (AvgIpc) is 3.15. The van der Waals surface area contributed by atoms with Crippen molar-refractivity contribution in [1.82, 2.24) is 19.6 Å². The number of amides is 2. The van der Waals surface area contributed by atoms with Crippen LogP contribution in [-0.2, 0) is 17.8 Å². The number of carbonyl (C=O) groups excluding carboxylic acids is 2. The molecule has 8 nitrogen and oxygen atoms in total. The quantitative estimate of drug-likeness (QED) is 0.574. The number of anilines is 1. The third kappa shape index (κ3) is 4.67. The second-order valence-corrected chi connectivity index (χ2v) is 7.61. The molecule has 0 bridgehead atoms. The van der Waals surface area contributed by atoms with Gasteiger partial charge in [-0.3, -0.25) is 14.5 Å². The lowest BCUT2D eigenvalue weighted by Gasteiger charge is -2.30. The van der Waals surface area contributed by atoms with E-state index in [1.165, 1.54) is 18.1 Å². The van der Waals surface area contributed by atoms with Crippen LogP contribution in [0.1, 0.15) is 28.5 Å². The summed E-state index contributed by atoms with van der Waals surface area (Å²) < 4.78 is 1.68. The van der Waals surface area contributed by atoms with Gasteiger partial charge in [0.05, 0.1) is 11.8 Å². The van der Waals surface area contributed by atoms with Gasteiger partial charge < -0.3 is 20.1 Å². The van der Waals surface area contributed by atoms with Gasteiger partial charge in [-0.05, 0) is 29.7 Å². The van der Waals surface area contributed by atoms with E-state index in [4.69, 9.17) is 0 Å². The number of pyridine rings is 1. The molecule has 2 aromatic heterocycles. The van der Waals surface area contributed by atoms with Crippen LogP contribution in [0, 0.1) is 0 Å². The first-order chi connectivity index (χ1) is 14.5. The summed E-state index contributed by atoms with van der Waals surface area (Å²) in [5, 5.41) is 15.8. The molecule has 30 heavy (non-hydrogen) atoms. The number of aliphatic hydroxyl groups is 1. The number of hydrogen-bond donors (Lipinski definition) is 3. The van der Waals surface area contributed by atoms with Crippen LogP contribution in [0.2, 0.25) is 0 Å². The summed E-state index contributed by atoms with van der Waals surface area (Å²) in [6.07, 6.45) is 3.60. The molecule has 0 unspecified atom stereocenters. The number of aliphatic hydroxyl groups excluding tert-OH is 1. The maximum absolute atomic E-state index is 12.5. The zero-order valence-corrected chi connectivity index (χ0v) is 16.8. The van der Waals surface area contributed by atoms with Crippen LogP contribution in [0.15, 0.2) is 48.8 Å². The largest absolute Gasteiger partial charge is 0.390 e. The van der Waals surface area contributed by atoms with Crippen LogP contribution < -0.4 is 10.6 Å². The van der Waals surface area contributed by atoms with E-state index in [0.717, 1.165) is 19.5 Å². The van der Waals surface area contributed by atoms with Crippen molar-refractivity contribution in [2.24, 2.45) is 0 Å². The zero-order chi connectivity index (χ0) is 21.1. The van der Waals surface area contributed by atoms with Crippen LogP contribution in [-0.4, -0.2) is 56.9 Å². The second kappa shape index (κ2) is 8.64. The van der Waals surface area contributed by atoms with Crippen LogP contribution in [0.25, 0.3) is 5.65 Å². The zero-order valence-electron chi connectivity index (χ0n) is 16.8. The molecule has 3 N–H and O–H groups in total. The Morgan fingerprint density at radius 1 is 1.17 bits per heavy atom. The molecule has 8 heteroatoms. The van der Waals surface area contributed by atoms with E-state index in [9.17, 15) is 14.7 Å². The molecular formula is C22H25N5O3. The van der Waals surface area contributed by atoms with E-state index in [-0.39, 0.29) is 24.1 Å². The highest BCUT2D eigenvalue weighted by Crippen LogP contribution is 2.18. The van der Waals surface area contributed by atoms with Crippen LogP contribution in [0.4, 0.5) is 5.69 Å². The number of nitrogens with zero attached hydrogens (tertiary/aromatic N) is 3. The second-order valence-electron chi connectivity index (χ2n) is 7.61. The molecule has 0 saturated heterocycles. The van der Waals surface area contributed by atoms with E-state index < -0.39 is 6.10 Å². The molecule has 156 valence electrons. The molecule has 0 saturated carbocycles. The molecule has 1 aliphatic rings. The van der Waals surface area contributed by atoms with Gasteiger partial charge in [0, 0.05) is 45.5 Å². The van der Waals surface area contributed by atoms with Crippen molar-refractivity contribution in [3.8, 4) is 0 Å². The van der Waals surface area contributed by atoms with Gasteiger partial charge in [0.2, 0.25) is 5.91 Å². The number of benzene rings is 1. The molecule has 0 radical (unpaired) electrons. The average molecular weight is 407 g/mol. The van der Waals surface area contributed by atoms with E-state index in [2.05, 4.69) is 38.7 Å². The first-order valence-electron chi connectivity index (χ1n) is 9.99. The molecular weight excluding hydrogens is 382 g/mol. The predicted molar refractivity (Wildman–Crippen MR) is 113 cm³/mol. The first kappa shape index (κ1) is 20.1. The minimum atomic E-state index is -0.664. The summed E-state index contributed by atoms with van der Waals surface area (Å²) in [7, 11) is 0. The summed E-state index contributed by atoms with van der Waals surface area (Å²) in [4.78, 5) is 30.1. The van der Waals surface area contributed by atoms with E-state index in [0.29, 0.717) is 17.9 Å². The van der Waals surface area contributed by atoms with Crippen molar-refractivity contribution in [1.29, 1.82) is 0 Å². The molecule has 3 aromatic rings. The Labute approximate surface area is 174 Å². The minimum Gasteiger partial charge on any atom is -0.390 e. The number of fused-ring (bicyclic) bond motifs is 2. The Kier molecular flexibility index (Phi) is 5.78. The maximum Gasteiger partial charge on any atom is 0.271 e. The fraction of sp³-hybridized carbons (Fsp3) is 0.318. The van der Waals surface area contributed by atoms with Gasteiger partial charge in [-0.15, -0.1) is 0 Å². The fourth-order valence-corrected chi connectivity index (χ4v) is 3.75. The molecule has 2 amide bonds. The monoisotopic (exact) mass is 407 g/mol. The number of β-amino-alcohol motifs (C(OH)–C–C–N with tert-alkyl or cyclic N) is 1. The summed E-state index contributed by atoms with van der Waals surface area (Å²) >= 11 is 0. The van der Waals surface area contributed by atoms with E-state index >= 15 is 0 Å². The number of rotatable bonds is 6. The van der Waals surface area contributed by atoms with Crippen molar-refractivity contribution < 1.29 is 14.7 Å². The summed E-state index contributed by atoms with van der Waals surface area (Å²) in [6, 6.07) is 11.8. The standard InChI is InChI=1S/C22H25N5O3/c1-15(28)24-18-6-7-21-25-20(14-27(21)12-18)22(30)23-10-19(29)13-26-9-8-16-4-2-3-5-17(16)11-26/h2-7,12,14,19,29H,8-11,13H2,1H3,(H,23,30)(H,24,28)/t19-/m0/s1. The molecule has 1 aliphatic heterocycles. The van der Waals surface area contributed by atoms with Crippen molar-refractivity contribution in [2.75, 3.05) is 25.0 Å². The summed E-state index contributed by atoms with van der Waals surface area (Å²) in [6.45, 7) is 3.79. The lowest BCUT2D eigenvalue weighted by atomic mass is 10.00. The van der Waals surface area contributed by atoms with Gasteiger partial charge in [0.15, 0.2) is 0 Å². The third-order valence-corrected chi connectivity index (χ3v) is 5.18. The molecule has 3 heterocycles. The van der Waals surface area contributed by atoms with Crippen LogP contribution >= 0.6 is 0 Å². The van der Waals surface area contributed by atoms with E-state index in [1.807, 2.05) is 6.07 Å². The van der Waals surface area contributed by atoms with Crippen LogP contribution in [0.3, 0.4) is 0 Å². The Morgan fingerprint density at radius 3 is 2.77 bits per heavy atom. The lowest BCUT2D eigenvalue weighted by Crippen LogP contribution is -2.42. The Hall–Kier alpha value is -3.23. The van der Waals surface area contributed by atoms with Gasteiger partial charge in [0.1, 0.15) is 11.3 Å². The minimum absolute atomic E-state index is 0.155. The van der Waals surface area contributed by atoms with Crippen LogP contribution in [0.5, 0.6) is 0 Å². The Balaban J connectivity index is 1.31. The normalized spacial score (nSPS) is 14.9. The molecule has 1 aromatic carbocycles. The fourth-order valence-electron chi connectivity index (χ4n) is 3.75. The SMILES string of the molecule is CC(=O)Nc1ccc2nc(C(=O)NC[C@H](O)CN3CCc4ccccc4C3)cn2c1. The number of aromatic nitrogens is 2. The van der Waals surface area contributed by atoms with E-state index in [1.54, 1.807) is 28.9 Å². The predicted octanol–water partition coefficient (Wildman–Crippen LogP) is 1.44. The first-order valence-corrected chi connectivity index (χ1v) is 9.99. The molecule has 0 aliphatic carbocycles. The van der Waals surface area contributed by atoms with Gasteiger partial charge >= 0.3 is 0 Å². The highest BCUT2D eigenvalue weighted by atomic mass is 16.3. The summed E-state index contributed by atoms with van der Waals surface area (Å²) in [5.74, 6) is -0.513. The molecule has 0 fully saturated rings. The molecule has 4 rings (SSSR count). The Bertz CT molecular complexity index is 1080. The highest BCUT2D eigenvalue weighted by Gasteiger charge is 2.19. The number of nitrogens with one attached hydrogen (secondary N) is 2. The third-order valence-electron chi connectivity index (χ3n) is 5.18. The van der Waals surface area contributed by atoms with Gasteiger partial charge in [-0.2, -0.15) is 0 Å². The number of imidazole rings is 1. The van der Waals surface area contributed by atoms with Gasteiger partial charge in [-0.1, -0.05) is 24.3 Å². The van der Waals surface area contributed by atoms with Crippen molar-refractivity contribution in [3.63, 3.8) is 0 Å². The van der Waals surface area contributed by atoms with Crippen molar-refractivity contribution in [3.05, 3.63) is 65.6 Å². The molecule has 1 atom stereocenters. The van der Waals surface area contributed by atoms with Crippen molar-refractivity contribution >= 4 is 23.1 Å². The topological polar surface area (TPSA) is 99.0 Å². The van der Waals surface area contributed by atoms with Crippen molar-refractivity contribution in [2.45, 2.75) is 26.0 Å². The maximum atomic E-state index is 12.5. The van der Waals surface area contributed by atoms with Gasteiger partial charge in [0.25, 0.3) is 5.91 Å². The lowest BCUT2D eigenvalue weighted by molar-refractivity contribution is -0.114. The van der Waals surface area contributed by atoms with Gasteiger partial charge in [-0.25, -0.2) is 4.98 Å². The Morgan fingerprint density at radius 2 is 1.97 bits per heavy atom. The highest BCUT2D eigenvalue weighted by molar-refractivity contribution is 5.93. The number of carbonyl (C=O) groups is 2.